The molecule has 1 atom stereocenters. The number of benzene rings is 1. The third-order valence-electron chi connectivity index (χ3n) is 4.19. The number of nitrogens with zero attached hydrogens (tertiary/aromatic N) is 2. The van der Waals surface area contributed by atoms with Gasteiger partial charge in [-0.15, -0.1) is 0 Å². The van der Waals surface area contributed by atoms with Crippen molar-refractivity contribution in [3.8, 4) is 5.75 Å². The molecule has 5 nitrogen and oxygen atoms in total. The van der Waals surface area contributed by atoms with Crippen molar-refractivity contribution >= 4 is 23.3 Å². The second-order valence-corrected chi connectivity index (χ2v) is 6.07. The van der Waals surface area contributed by atoms with Crippen LogP contribution in [0.2, 0.25) is 5.02 Å². The number of pyridine rings is 1. The van der Waals surface area contributed by atoms with Crippen LogP contribution in [-0.4, -0.2) is 27.6 Å². The highest BCUT2D eigenvalue weighted by molar-refractivity contribution is 6.31. The molecule has 1 aromatic carbocycles. The van der Waals surface area contributed by atoms with Gasteiger partial charge in [-0.25, -0.2) is 4.79 Å². The number of hydrogen-bond donors (Lipinski definition) is 2. The molecule has 1 aliphatic rings. The van der Waals surface area contributed by atoms with Crippen LogP contribution >= 0.6 is 11.6 Å². The second-order valence-electron chi connectivity index (χ2n) is 5.67. The van der Waals surface area contributed by atoms with Gasteiger partial charge < -0.3 is 15.3 Å². The number of hydrogen-bond acceptors (Lipinski definition) is 3. The fourth-order valence-electron chi connectivity index (χ4n) is 2.87. The van der Waals surface area contributed by atoms with E-state index in [0.29, 0.717) is 17.3 Å². The first-order valence-corrected chi connectivity index (χ1v) is 7.90. The summed E-state index contributed by atoms with van der Waals surface area (Å²) in [7, 11) is 0. The lowest BCUT2D eigenvalue weighted by Gasteiger charge is -2.25. The zero-order chi connectivity index (χ0) is 16.4. The third kappa shape index (κ3) is 3.24. The summed E-state index contributed by atoms with van der Waals surface area (Å²) in [6.45, 7) is 2.55. The van der Waals surface area contributed by atoms with Gasteiger partial charge in [0.1, 0.15) is 5.75 Å². The standard InChI is InChI=1S/C17H18ClN3O2/c1-11-14(18)9-19-10-15(11)20-17(23)21-8-2-3-16(21)12-4-6-13(22)7-5-12/h4-7,9-10,16,22H,2-3,8H2,1H3,(H,20,23). The summed E-state index contributed by atoms with van der Waals surface area (Å²) in [6, 6.07) is 6.87. The molecule has 2 aromatic rings. The Morgan fingerprint density at radius 2 is 2.09 bits per heavy atom. The zero-order valence-corrected chi connectivity index (χ0v) is 13.5. The first kappa shape index (κ1) is 15.6. The van der Waals surface area contributed by atoms with Crippen LogP contribution in [0.1, 0.15) is 30.0 Å². The van der Waals surface area contributed by atoms with Gasteiger partial charge in [-0.05, 0) is 43.0 Å². The van der Waals surface area contributed by atoms with E-state index in [9.17, 15) is 9.90 Å². The number of amides is 2. The van der Waals surface area contributed by atoms with Crippen molar-refractivity contribution in [3.05, 3.63) is 52.8 Å². The average molecular weight is 332 g/mol. The molecule has 6 heteroatoms. The van der Waals surface area contributed by atoms with Crippen LogP contribution in [0.15, 0.2) is 36.7 Å². The van der Waals surface area contributed by atoms with Crippen LogP contribution in [0.25, 0.3) is 0 Å². The highest BCUT2D eigenvalue weighted by atomic mass is 35.5. The number of halogens is 1. The van der Waals surface area contributed by atoms with Crippen molar-refractivity contribution in [2.24, 2.45) is 0 Å². The minimum Gasteiger partial charge on any atom is -0.508 e. The Hall–Kier alpha value is -2.27. The zero-order valence-electron chi connectivity index (χ0n) is 12.8. The molecule has 1 saturated heterocycles. The van der Waals surface area contributed by atoms with E-state index < -0.39 is 0 Å². The van der Waals surface area contributed by atoms with E-state index >= 15 is 0 Å². The molecule has 2 heterocycles. The molecule has 0 spiro atoms. The number of anilines is 1. The summed E-state index contributed by atoms with van der Waals surface area (Å²) in [5.41, 5.74) is 2.45. The van der Waals surface area contributed by atoms with E-state index in [0.717, 1.165) is 24.0 Å². The van der Waals surface area contributed by atoms with Gasteiger partial charge in [-0.2, -0.15) is 0 Å². The Morgan fingerprint density at radius 1 is 1.35 bits per heavy atom. The van der Waals surface area contributed by atoms with E-state index in [1.165, 1.54) is 0 Å². The predicted octanol–water partition coefficient (Wildman–Crippen LogP) is 4.12. The van der Waals surface area contributed by atoms with Gasteiger partial charge in [-0.3, -0.25) is 4.98 Å². The molecular formula is C17H18ClN3O2. The molecule has 1 unspecified atom stereocenters. The molecule has 2 amide bonds. The van der Waals surface area contributed by atoms with Gasteiger partial charge in [0.25, 0.3) is 0 Å². The molecule has 1 aliphatic heterocycles. The number of carbonyl (C=O) groups excluding carboxylic acids is 1. The number of rotatable bonds is 2. The molecular weight excluding hydrogens is 314 g/mol. The summed E-state index contributed by atoms with van der Waals surface area (Å²) in [4.78, 5) is 18.5. The number of nitrogens with one attached hydrogen (secondary N) is 1. The number of carbonyl (C=O) groups is 1. The highest BCUT2D eigenvalue weighted by Gasteiger charge is 2.30. The number of aromatic nitrogens is 1. The van der Waals surface area contributed by atoms with Crippen LogP contribution in [0.5, 0.6) is 5.75 Å². The fourth-order valence-corrected chi connectivity index (χ4v) is 3.02. The van der Waals surface area contributed by atoms with E-state index in [1.54, 1.807) is 24.5 Å². The van der Waals surface area contributed by atoms with E-state index in [1.807, 2.05) is 24.0 Å². The lowest BCUT2D eigenvalue weighted by atomic mass is 10.0. The predicted molar refractivity (Wildman–Crippen MR) is 89.8 cm³/mol. The van der Waals surface area contributed by atoms with Gasteiger partial charge >= 0.3 is 6.03 Å². The quantitative estimate of drug-likeness (QED) is 0.870. The topological polar surface area (TPSA) is 65.5 Å². The summed E-state index contributed by atoms with van der Waals surface area (Å²) in [6.07, 6.45) is 5.02. The molecule has 0 bridgehead atoms. The van der Waals surface area contributed by atoms with Crippen molar-refractivity contribution < 1.29 is 9.90 Å². The Morgan fingerprint density at radius 3 is 2.83 bits per heavy atom. The Kier molecular flexibility index (Phi) is 4.39. The summed E-state index contributed by atoms with van der Waals surface area (Å²) in [5, 5.41) is 12.8. The molecule has 2 N–H and O–H groups in total. The van der Waals surface area contributed by atoms with Gasteiger partial charge in [0.05, 0.1) is 22.9 Å². The molecule has 0 radical (unpaired) electrons. The average Bonchev–Trinajstić information content (AvgIpc) is 3.02. The molecule has 23 heavy (non-hydrogen) atoms. The Balaban J connectivity index is 1.78. The molecule has 120 valence electrons. The van der Waals surface area contributed by atoms with Crippen LogP contribution in [0, 0.1) is 6.92 Å². The number of aromatic hydroxyl groups is 1. The molecule has 0 saturated carbocycles. The normalized spacial score (nSPS) is 17.3. The number of urea groups is 1. The molecule has 3 rings (SSSR count). The van der Waals surface area contributed by atoms with Crippen LogP contribution < -0.4 is 5.32 Å². The Bertz CT molecular complexity index is 718. The Labute approximate surface area is 139 Å². The van der Waals surface area contributed by atoms with Crippen LogP contribution in [0.3, 0.4) is 0 Å². The van der Waals surface area contributed by atoms with Crippen LogP contribution in [-0.2, 0) is 0 Å². The van der Waals surface area contributed by atoms with Gasteiger partial charge in [-0.1, -0.05) is 23.7 Å². The smallest absolute Gasteiger partial charge is 0.322 e. The minimum absolute atomic E-state index is 0.0167. The molecule has 0 aliphatic carbocycles. The lowest BCUT2D eigenvalue weighted by molar-refractivity contribution is 0.207. The van der Waals surface area contributed by atoms with Gasteiger partial charge in [0.2, 0.25) is 0 Å². The largest absolute Gasteiger partial charge is 0.508 e. The minimum atomic E-state index is -0.159. The summed E-state index contributed by atoms with van der Waals surface area (Å²) < 4.78 is 0. The summed E-state index contributed by atoms with van der Waals surface area (Å²) >= 11 is 6.05. The first-order valence-electron chi connectivity index (χ1n) is 7.53. The maximum Gasteiger partial charge on any atom is 0.322 e. The first-order chi connectivity index (χ1) is 11.1. The maximum atomic E-state index is 12.6. The lowest BCUT2D eigenvalue weighted by Crippen LogP contribution is -2.34. The fraction of sp³-hybridized carbons (Fsp3) is 0.294. The number of phenolic OH excluding ortho intramolecular Hbond substituents is 1. The monoisotopic (exact) mass is 331 g/mol. The summed E-state index contributed by atoms with van der Waals surface area (Å²) in [5.74, 6) is 0.225. The van der Waals surface area contributed by atoms with Crippen molar-refractivity contribution in [1.82, 2.24) is 9.88 Å². The van der Waals surface area contributed by atoms with E-state index in [2.05, 4.69) is 10.3 Å². The van der Waals surface area contributed by atoms with Crippen molar-refractivity contribution in [3.63, 3.8) is 0 Å². The van der Waals surface area contributed by atoms with Crippen LogP contribution in [0.4, 0.5) is 10.5 Å². The maximum absolute atomic E-state index is 12.6. The van der Waals surface area contributed by atoms with Crippen molar-refractivity contribution in [1.29, 1.82) is 0 Å². The molecule has 1 fully saturated rings. The highest BCUT2D eigenvalue weighted by Crippen LogP contribution is 2.33. The van der Waals surface area contributed by atoms with Crippen molar-refractivity contribution in [2.75, 3.05) is 11.9 Å². The van der Waals surface area contributed by atoms with Gasteiger partial charge in [0.15, 0.2) is 0 Å². The third-order valence-corrected chi connectivity index (χ3v) is 4.57. The number of phenols is 1. The van der Waals surface area contributed by atoms with E-state index in [4.69, 9.17) is 11.6 Å². The second kappa shape index (κ2) is 6.46. The number of likely N-dealkylation sites (tertiary alicyclic amines) is 1. The van der Waals surface area contributed by atoms with Crippen molar-refractivity contribution in [2.45, 2.75) is 25.8 Å². The van der Waals surface area contributed by atoms with Gasteiger partial charge in [0, 0.05) is 12.7 Å². The molecule has 1 aromatic heterocycles. The van der Waals surface area contributed by atoms with E-state index in [-0.39, 0.29) is 17.8 Å². The SMILES string of the molecule is Cc1c(Cl)cncc1NC(=O)N1CCCC1c1ccc(O)cc1.